The molecule has 47 valence electrons. The summed E-state index contributed by atoms with van der Waals surface area (Å²) in [6.45, 7) is 2.60. The molecule has 0 radical (unpaired) electrons. The van der Waals surface area contributed by atoms with Crippen molar-refractivity contribution in [3.8, 4) is 0 Å². The van der Waals surface area contributed by atoms with Gasteiger partial charge in [-0.15, -0.1) is 0 Å². The van der Waals surface area contributed by atoms with Crippen molar-refractivity contribution in [2.24, 2.45) is 0 Å². The van der Waals surface area contributed by atoms with Gasteiger partial charge in [0.1, 0.15) is 0 Å². The molecule has 0 aromatic rings. The van der Waals surface area contributed by atoms with Crippen LogP contribution < -0.4 is 0 Å². The second-order valence-electron chi connectivity index (χ2n) is 1.05. The molecule has 0 unspecified atom stereocenters. The minimum atomic E-state index is -2.15. The molecule has 0 spiro atoms. The summed E-state index contributed by atoms with van der Waals surface area (Å²) in [6, 6.07) is 0. The van der Waals surface area contributed by atoms with Crippen LogP contribution in [-0.2, 0) is 4.74 Å². The number of rotatable bonds is 3. The van der Waals surface area contributed by atoms with E-state index < -0.39 is 32.3 Å². The molecule has 0 saturated carbocycles. The molecular formula is C4H7CeCl2O. The van der Waals surface area contributed by atoms with Gasteiger partial charge in [-0.25, -0.2) is 0 Å². The first-order valence-electron chi connectivity index (χ1n) is 2.23. The van der Waals surface area contributed by atoms with Crippen LogP contribution in [-0.4, -0.2) is 6.61 Å². The number of ether oxygens (including phenoxy) is 1. The first-order valence-corrected chi connectivity index (χ1v) is 11.9. The molecule has 0 aliphatic rings. The molecule has 0 fully saturated rings. The van der Waals surface area contributed by atoms with Crippen molar-refractivity contribution in [2.45, 2.75) is 6.92 Å². The Morgan fingerprint density at radius 2 is 2.25 bits per heavy atom. The SMILES string of the molecule is CCOC=[CH][Ce]([Cl])[Cl]. The average Bonchev–Trinajstić information content (AvgIpc) is 1.66. The van der Waals surface area contributed by atoms with E-state index in [2.05, 4.69) is 0 Å². The number of halogens is 2. The molecule has 0 atom stereocenters. The second-order valence-corrected chi connectivity index (χ2v) is 11.3. The van der Waals surface area contributed by atoms with Crippen LogP contribution in [0.1, 0.15) is 6.92 Å². The van der Waals surface area contributed by atoms with Gasteiger partial charge in [0, 0.05) is 0 Å². The number of hydrogen-bond acceptors (Lipinski definition) is 1. The Kier molecular flexibility index (Phi) is 7.85. The Balaban J connectivity index is 3.07. The van der Waals surface area contributed by atoms with Crippen molar-refractivity contribution >= 4 is 11.3 Å². The number of hydrogen-bond donors (Lipinski definition) is 0. The monoisotopic (exact) mass is 281 g/mol. The Morgan fingerprint density at radius 3 is 2.62 bits per heavy atom. The fourth-order valence-corrected chi connectivity index (χ4v) is 1.57. The van der Waals surface area contributed by atoms with Gasteiger partial charge < -0.3 is 0 Å². The van der Waals surface area contributed by atoms with Gasteiger partial charge in [0.15, 0.2) is 0 Å². The third-order valence-electron chi connectivity index (χ3n) is 0.457. The van der Waals surface area contributed by atoms with Crippen LogP contribution in [0.3, 0.4) is 0 Å². The van der Waals surface area contributed by atoms with E-state index in [1.165, 1.54) is 0 Å². The molecule has 0 aliphatic carbocycles. The van der Waals surface area contributed by atoms with Crippen LogP contribution in [0, 0.1) is 32.3 Å². The maximum absolute atomic E-state index is 5.53. The van der Waals surface area contributed by atoms with Gasteiger partial charge in [0.25, 0.3) is 0 Å². The Labute approximate surface area is 68.4 Å². The van der Waals surface area contributed by atoms with Gasteiger partial charge >= 0.3 is 69.6 Å². The van der Waals surface area contributed by atoms with Gasteiger partial charge in [0.2, 0.25) is 0 Å². The van der Waals surface area contributed by atoms with Crippen LogP contribution in [0.5, 0.6) is 0 Å². The summed E-state index contributed by atoms with van der Waals surface area (Å²) >= 11 is -2.15. The molecule has 0 heterocycles. The Bertz CT molecular complexity index is 74.4. The first-order chi connectivity index (χ1) is 3.77. The first kappa shape index (κ1) is 9.50. The van der Waals surface area contributed by atoms with E-state index in [-0.39, 0.29) is 0 Å². The normalized spacial score (nSPS) is 9.88. The van der Waals surface area contributed by atoms with Gasteiger partial charge in [-0.3, -0.25) is 0 Å². The molecule has 1 nitrogen and oxygen atoms in total. The summed E-state index contributed by atoms with van der Waals surface area (Å²) in [5.41, 5.74) is 11.1. The topological polar surface area (TPSA) is 9.23 Å². The standard InChI is InChI=1S/C4H7O.Ce.2ClH/c1-3-5-4-2;;;/h1,3H,4H2,2H3;;2*1H/q;+2;;/p-2. The summed E-state index contributed by atoms with van der Waals surface area (Å²) in [5.74, 6) is 0. The van der Waals surface area contributed by atoms with Crippen LogP contribution in [0.2, 0.25) is 0 Å². The predicted molar refractivity (Wildman–Crippen MR) is 32.5 cm³/mol. The van der Waals surface area contributed by atoms with Gasteiger partial charge in [-0.05, 0) is 0 Å². The third kappa shape index (κ3) is 7.50. The fourth-order valence-electron chi connectivity index (χ4n) is 0.196. The van der Waals surface area contributed by atoms with Crippen LogP contribution in [0.25, 0.3) is 0 Å². The van der Waals surface area contributed by atoms with Crippen molar-refractivity contribution < 1.29 is 37.0 Å². The quantitative estimate of drug-likeness (QED) is 0.722. The van der Waals surface area contributed by atoms with Gasteiger partial charge in [0.05, 0.1) is 0 Å². The molecule has 0 amide bonds. The zero-order chi connectivity index (χ0) is 6.41. The van der Waals surface area contributed by atoms with E-state index in [1.54, 1.807) is 7.86 Å². The molecule has 0 rings (SSSR count). The second kappa shape index (κ2) is 6.61. The molecule has 0 aromatic heterocycles. The fraction of sp³-hybridized carbons (Fsp3) is 0.500. The van der Waals surface area contributed by atoms with Gasteiger partial charge in [-0.2, -0.15) is 0 Å². The molecule has 0 aromatic carbocycles. The summed E-state index contributed by atoms with van der Waals surface area (Å²) in [7, 11) is 0. The van der Waals surface area contributed by atoms with Crippen LogP contribution in [0.15, 0.2) is 7.86 Å². The molecule has 0 saturated heterocycles. The van der Waals surface area contributed by atoms with Crippen molar-refractivity contribution in [3.63, 3.8) is 0 Å². The van der Waals surface area contributed by atoms with E-state index in [9.17, 15) is 0 Å². The van der Waals surface area contributed by atoms with Gasteiger partial charge in [-0.1, -0.05) is 0 Å². The van der Waals surface area contributed by atoms with E-state index in [4.69, 9.17) is 16.0 Å². The third-order valence-corrected chi connectivity index (χ3v) is 3.51. The van der Waals surface area contributed by atoms with E-state index >= 15 is 0 Å². The van der Waals surface area contributed by atoms with Crippen molar-refractivity contribution in [2.75, 3.05) is 6.61 Å². The summed E-state index contributed by atoms with van der Waals surface area (Å²) < 4.78 is 6.62. The molecule has 0 bridgehead atoms. The van der Waals surface area contributed by atoms with E-state index in [0.29, 0.717) is 6.61 Å². The Hall–Kier alpha value is 1.50. The van der Waals surface area contributed by atoms with E-state index in [1.807, 2.05) is 6.92 Å². The minimum absolute atomic E-state index is 0.684. The summed E-state index contributed by atoms with van der Waals surface area (Å²) in [4.78, 5) is 0. The average molecular weight is 282 g/mol. The Morgan fingerprint density at radius 1 is 1.62 bits per heavy atom. The molecule has 4 heteroatoms. The maximum atomic E-state index is 5.53. The van der Waals surface area contributed by atoms with Crippen LogP contribution in [0.4, 0.5) is 0 Å². The van der Waals surface area contributed by atoms with Crippen molar-refractivity contribution in [1.29, 1.82) is 0 Å². The zero-order valence-electron chi connectivity index (χ0n) is 4.53. The van der Waals surface area contributed by atoms with E-state index in [0.717, 1.165) is 0 Å². The molecule has 0 N–H and O–H groups in total. The summed E-state index contributed by atoms with van der Waals surface area (Å²) in [6.07, 6.45) is 1.59. The predicted octanol–water partition coefficient (Wildman–Crippen LogP) is 2.42. The molecule has 0 aliphatic heterocycles. The molecular weight excluding hydrogens is 275 g/mol. The van der Waals surface area contributed by atoms with Crippen molar-refractivity contribution in [3.05, 3.63) is 7.86 Å². The van der Waals surface area contributed by atoms with Crippen LogP contribution >= 0.6 is 11.3 Å². The van der Waals surface area contributed by atoms with Crippen molar-refractivity contribution in [1.82, 2.24) is 0 Å². The molecule has 8 heavy (non-hydrogen) atoms. The zero-order valence-corrected chi connectivity index (χ0v) is 9.18. The summed E-state index contributed by atoms with van der Waals surface area (Å²) in [5, 5.41) is 0.